The molecule has 3 atom stereocenters. The highest BCUT2D eigenvalue weighted by Gasteiger charge is 2.39. The van der Waals surface area contributed by atoms with E-state index in [9.17, 15) is 29.1 Å². The number of esters is 1. The highest BCUT2D eigenvalue weighted by Crippen LogP contribution is 2.24. The van der Waals surface area contributed by atoms with Gasteiger partial charge in [-0.15, -0.1) is 0 Å². The lowest BCUT2D eigenvalue weighted by Gasteiger charge is -2.29. The molecule has 1 fully saturated rings. The van der Waals surface area contributed by atoms with Crippen molar-refractivity contribution in [2.75, 3.05) is 6.54 Å². The zero-order valence-corrected chi connectivity index (χ0v) is 22.8. The van der Waals surface area contributed by atoms with E-state index < -0.39 is 60.0 Å². The smallest absolute Gasteiger partial charge is 0.408 e. The number of amides is 3. The van der Waals surface area contributed by atoms with Crippen molar-refractivity contribution < 1.29 is 38.6 Å². The lowest BCUT2D eigenvalue weighted by molar-refractivity contribution is -0.156. The molecule has 1 aliphatic rings. The summed E-state index contributed by atoms with van der Waals surface area (Å²) in [6, 6.07) is 13.5. The Labute approximate surface area is 232 Å². The van der Waals surface area contributed by atoms with Crippen molar-refractivity contribution in [3.63, 3.8) is 0 Å². The van der Waals surface area contributed by atoms with Gasteiger partial charge in [-0.1, -0.05) is 60.7 Å². The third-order valence-electron chi connectivity index (χ3n) is 6.10. The van der Waals surface area contributed by atoms with E-state index in [2.05, 4.69) is 10.6 Å². The maximum atomic E-state index is 13.6. The number of carbonyl (C=O) groups excluding carboxylic acids is 4. The summed E-state index contributed by atoms with van der Waals surface area (Å²) in [4.78, 5) is 65.2. The summed E-state index contributed by atoms with van der Waals surface area (Å²) >= 11 is 0. The molecule has 0 aromatic heterocycles. The third-order valence-corrected chi connectivity index (χ3v) is 6.10. The Morgan fingerprint density at radius 1 is 0.975 bits per heavy atom. The summed E-state index contributed by atoms with van der Waals surface area (Å²) < 4.78 is 10.6. The number of alkyl carbamates (subject to hydrolysis) is 1. The van der Waals surface area contributed by atoms with Gasteiger partial charge in [-0.3, -0.25) is 14.4 Å². The standard InChI is InChI=1S/C29H35N3O8/c1-29(2,3)40-23(33)17-21(30-28(38)39-18-19-11-6-4-7-12-19)25(34)31-24(20-13-8-5-9-14-20)26(35)32-16-10-15-22(32)27(36)37/h4-9,11-14,21-22,24H,10,15-18H2,1-3H3,(H,30,38)(H,31,34)(H,36,37)/t21-,22+,24-/m0/s1. The predicted molar refractivity (Wildman–Crippen MR) is 144 cm³/mol. The number of hydrogen-bond acceptors (Lipinski definition) is 7. The Bertz CT molecular complexity index is 1200. The van der Waals surface area contributed by atoms with Gasteiger partial charge in [0.25, 0.3) is 5.91 Å². The van der Waals surface area contributed by atoms with Crippen LogP contribution in [0.4, 0.5) is 4.79 Å². The number of benzene rings is 2. The molecule has 3 N–H and O–H groups in total. The van der Waals surface area contributed by atoms with Gasteiger partial charge < -0.3 is 30.1 Å². The van der Waals surface area contributed by atoms with E-state index in [1.807, 2.05) is 6.07 Å². The molecular formula is C29H35N3O8. The van der Waals surface area contributed by atoms with Crippen LogP contribution < -0.4 is 10.6 Å². The van der Waals surface area contributed by atoms with Crippen molar-refractivity contribution in [2.24, 2.45) is 0 Å². The summed E-state index contributed by atoms with van der Waals surface area (Å²) in [5.41, 5.74) is 0.300. The minimum atomic E-state index is -1.44. The van der Waals surface area contributed by atoms with Crippen molar-refractivity contribution >= 4 is 29.8 Å². The van der Waals surface area contributed by atoms with E-state index in [-0.39, 0.29) is 13.2 Å². The predicted octanol–water partition coefficient (Wildman–Crippen LogP) is 2.95. The molecule has 0 spiro atoms. The van der Waals surface area contributed by atoms with Crippen LogP contribution in [0.2, 0.25) is 0 Å². The highest BCUT2D eigenvalue weighted by molar-refractivity contribution is 5.95. The topological polar surface area (TPSA) is 151 Å². The highest BCUT2D eigenvalue weighted by atomic mass is 16.6. The maximum Gasteiger partial charge on any atom is 0.408 e. The van der Waals surface area contributed by atoms with Crippen LogP contribution in [0.3, 0.4) is 0 Å². The van der Waals surface area contributed by atoms with Gasteiger partial charge in [-0.2, -0.15) is 0 Å². The van der Waals surface area contributed by atoms with E-state index in [4.69, 9.17) is 9.47 Å². The number of carbonyl (C=O) groups is 5. The van der Waals surface area contributed by atoms with Crippen LogP contribution in [0, 0.1) is 0 Å². The number of carboxylic acid groups (broad SMARTS) is 1. The molecule has 1 aliphatic heterocycles. The number of hydrogen-bond donors (Lipinski definition) is 3. The Balaban J connectivity index is 1.81. The molecule has 11 nitrogen and oxygen atoms in total. The molecule has 1 saturated heterocycles. The lowest BCUT2D eigenvalue weighted by Crippen LogP contribution is -2.53. The van der Waals surface area contributed by atoms with Gasteiger partial charge in [0.15, 0.2) is 0 Å². The molecule has 1 heterocycles. The van der Waals surface area contributed by atoms with Gasteiger partial charge in [-0.25, -0.2) is 9.59 Å². The molecule has 0 saturated carbocycles. The molecule has 0 aliphatic carbocycles. The first kappa shape index (κ1) is 30.1. The fourth-order valence-corrected chi connectivity index (χ4v) is 4.30. The number of aliphatic carboxylic acids is 1. The molecular weight excluding hydrogens is 518 g/mol. The number of nitrogens with zero attached hydrogens (tertiary/aromatic N) is 1. The van der Waals surface area contributed by atoms with Gasteiger partial charge in [0.1, 0.15) is 30.3 Å². The largest absolute Gasteiger partial charge is 0.480 e. The number of rotatable bonds is 10. The fraction of sp³-hybridized carbons (Fsp3) is 0.414. The summed E-state index contributed by atoms with van der Waals surface area (Å²) in [7, 11) is 0. The van der Waals surface area contributed by atoms with Crippen molar-refractivity contribution in [1.29, 1.82) is 0 Å². The zero-order chi connectivity index (χ0) is 29.3. The average Bonchev–Trinajstić information content (AvgIpc) is 3.40. The summed E-state index contributed by atoms with van der Waals surface area (Å²) in [5.74, 6) is -3.32. The van der Waals surface area contributed by atoms with Crippen molar-refractivity contribution in [1.82, 2.24) is 15.5 Å². The molecule has 0 unspecified atom stereocenters. The van der Waals surface area contributed by atoms with E-state index in [1.165, 1.54) is 4.90 Å². The Morgan fingerprint density at radius 3 is 2.20 bits per heavy atom. The lowest BCUT2D eigenvalue weighted by atomic mass is 10.0. The van der Waals surface area contributed by atoms with Crippen molar-refractivity contribution in [2.45, 2.75) is 70.4 Å². The van der Waals surface area contributed by atoms with Gasteiger partial charge in [0, 0.05) is 6.54 Å². The molecule has 3 rings (SSSR count). The van der Waals surface area contributed by atoms with Crippen LogP contribution in [0.25, 0.3) is 0 Å². The van der Waals surface area contributed by atoms with Crippen LogP contribution in [-0.2, 0) is 35.3 Å². The number of carboxylic acids is 1. The van der Waals surface area contributed by atoms with Crippen LogP contribution in [-0.4, -0.2) is 64.1 Å². The van der Waals surface area contributed by atoms with Crippen molar-refractivity contribution in [3.8, 4) is 0 Å². The Morgan fingerprint density at radius 2 is 1.60 bits per heavy atom. The Kier molecular flexibility index (Phi) is 10.2. The number of likely N-dealkylation sites (tertiary alicyclic amines) is 1. The van der Waals surface area contributed by atoms with Gasteiger partial charge in [-0.05, 0) is 44.7 Å². The number of nitrogens with one attached hydrogen (secondary N) is 2. The molecule has 40 heavy (non-hydrogen) atoms. The second-order valence-corrected chi connectivity index (χ2v) is 10.4. The van der Waals surface area contributed by atoms with E-state index in [1.54, 1.807) is 75.4 Å². The number of ether oxygens (including phenoxy) is 2. The maximum absolute atomic E-state index is 13.6. The summed E-state index contributed by atoms with van der Waals surface area (Å²) in [6.07, 6.45) is -0.665. The second-order valence-electron chi connectivity index (χ2n) is 10.4. The van der Waals surface area contributed by atoms with E-state index >= 15 is 0 Å². The summed E-state index contributed by atoms with van der Waals surface area (Å²) in [6.45, 7) is 5.16. The molecule has 2 aromatic carbocycles. The average molecular weight is 554 g/mol. The van der Waals surface area contributed by atoms with Gasteiger partial charge >= 0.3 is 18.0 Å². The molecule has 2 aromatic rings. The van der Waals surface area contributed by atoms with Crippen LogP contribution in [0.15, 0.2) is 60.7 Å². The molecule has 0 radical (unpaired) electrons. The monoisotopic (exact) mass is 553 g/mol. The Hall–Kier alpha value is -4.41. The first-order valence-electron chi connectivity index (χ1n) is 13.0. The molecule has 11 heteroatoms. The molecule has 3 amide bonds. The van der Waals surface area contributed by atoms with Gasteiger partial charge in [0.05, 0.1) is 6.42 Å². The first-order chi connectivity index (χ1) is 18.9. The minimum Gasteiger partial charge on any atom is -0.480 e. The van der Waals surface area contributed by atoms with E-state index in [0.29, 0.717) is 18.4 Å². The first-order valence-corrected chi connectivity index (χ1v) is 13.0. The van der Waals surface area contributed by atoms with Crippen LogP contribution >= 0.6 is 0 Å². The van der Waals surface area contributed by atoms with Crippen LogP contribution in [0.5, 0.6) is 0 Å². The van der Waals surface area contributed by atoms with Crippen LogP contribution in [0.1, 0.15) is 57.2 Å². The van der Waals surface area contributed by atoms with E-state index in [0.717, 1.165) is 5.56 Å². The molecule has 214 valence electrons. The molecule has 0 bridgehead atoms. The van der Waals surface area contributed by atoms with Gasteiger partial charge in [0.2, 0.25) is 5.91 Å². The second kappa shape index (κ2) is 13.6. The third kappa shape index (κ3) is 8.82. The zero-order valence-electron chi connectivity index (χ0n) is 22.8. The fourth-order valence-electron chi connectivity index (χ4n) is 4.30. The summed E-state index contributed by atoms with van der Waals surface area (Å²) in [5, 5.41) is 14.6. The minimum absolute atomic E-state index is 0.0654. The van der Waals surface area contributed by atoms with Crippen molar-refractivity contribution in [3.05, 3.63) is 71.8 Å². The quantitative estimate of drug-likeness (QED) is 0.380. The SMILES string of the molecule is CC(C)(C)OC(=O)C[C@H](NC(=O)OCc1ccccc1)C(=O)N[C@H](C(=O)N1CCC[C@@H]1C(=O)O)c1ccccc1. The normalized spacial score (nSPS) is 16.4.